The van der Waals surface area contributed by atoms with Crippen LogP contribution in [0.15, 0.2) is 59.4 Å². The summed E-state index contributed by atoms with van der Waals surface area (Å²) >= 11 is 0. The summed E-state index contributed by atoms with van der Waals surface area (Å²) < 4.78 is 10.5. The molecule has 0 aliphatic heterocycles. The molecule has 1 aromatic carbocycles. The van der Waals surface area contributed by atoms with Gasteiger partial charge in [0.15, 0.2) is 5.76 Å². The fourth-order valence-electron chi connectivity index (χ4n) is 1.82. The van der Waals surface area contributed by atoms with E-state index in [1.165, 1.54) is 0 Å². The van der Waals surface area contributed by atoms with Crippen molar-refractivity contribution in [3.63, 3.8) is 0 Å². The second-order valence-electron chi connectivity index (χ2n) is 4.05. The summed E-state index contributed by atoms with van der Waals surface area (Å²) in [6.07, 6.45) is 3.47. The van der Waals surface area contributed by atoms with Gasteiger partial charge in [0.05, 0.1) is 7.11 Å². The average molecular weight is 252 g/mol. The zero-order valence-corrected chi connectivity index (χ0v) is 10.4. The Kier molecular flexibility index (Phi) is 2.98. The van der Waals surface area contributed by atoms with Crippen LogP contribution in [0.3, 0.4) is 0 Å². The van der Waals surface area contributed by atoms with Gasteiger partial charge in [0.1, 0.15) is 11.4 Å². The van der Waals surface area contributed by atoms with Gasteiger partial charge in [-0.25, -0.2) is 0 Å². The molecule has 0 aliphatic carbocycles. The van der Waals surface area contributed by atoms with Crippen molar-refractivity contribution >= 4 is 0 Å². The Labute approximate surface area is 110 Å². The van der Waals surface area contributed by atoms with E-state index in [9.17, 15) is 0 Å². The van der Waals surface area contributed by atoms with Crippen LogP contribution >= 0.6 is 0 Å². The summed E-state index contributed by atoms with van der Waals surface area (Å²) in [6, 6.07) is 13.4. The number of hydrogen-bond acceptors (Lipinski definition) is 4. The predicted molar refractivity (Wildman–Crippen MR) is 71.7 cm³/mol. The minimum absolute atomic E-state index is 0.707. The molecule has 0 bridgehead atoms. The first-order chi connectivity index (χ1) is 9.36. The molecule has 0 aliphatic rings. The monoisotopic (exact) mass is 252 g/mol. The lowest BCUT2D eigenvalue weighted by molar-refractivity contribution is 0.415. The zero-order valence-electron chi connectivity index (χ0n) is 10.4. The highest BCUT2D eigenvalue weighted by molar-refractivity contribution is 5.66. The Morgan fingerprint density at radius 1 is 1.05 bits per heavy atom. The average Bonchev–Trinajstić information content (AvgIpc) is 2.98. The Morgan fingerprint density at radius 2 is 1.89 bits per heavy atom. The molecule has 3 rings (SSSR count). The topological polar surface area (TPSA) is 48.2 Å². The van der Waals surface area contributed by atoms with Crippen LogP contribution in [0.2, 0.25) is 0 Å². The van der Waals surface area contributed by atoms with Crippen LogP contribution < -0.4 is 4.74 Å². The third-order valence-corrected chi connectivity index (χ3v) is 2.84. The second-order valence-corrected chi connectivity index (χ2v) is 4.05. The van der Waals surface area contributed by atoms with Gasteiger partial charge in [-0.3, -0.25) is 4.98 Å². The molecule has 94 valence electrons. The van der Waals surface area contributed by atoms with Gasteiger partial charge in [0.25, 0.3) is 0 Å². The fraction of sp³-hybridized carbons (Fsp3) is 0.0667. The van der Waals surface area contributed by atoms with Crippen molar-refractivity contribution in [2.24, 2.45) is 0 Å². The number of ether oxygens (including phenoxy) is 1. The molecule has 0 saturated heterocycles. The molecule has 2 aromatic heterocycles. The van der Waals surface area contributed by atoms with Crippen molar-refractivity contribution in [1.29, 1.82) is 0 Å². The lowest BCUT2D eigenvalue weighted by atomic mass is 10.1. The van der Waals surface area contributed by atoms with E-state index in [0.29, 0.717) is 5.76 Å². The summed E-state index contributed by atoms with van der Waals surface area (Å²) in [5.74, 6) is 1.53. The van der Waals surface area contributed by atoms with Crippen molar-refractivity contribution in [3.05, 3.63) is 54.9 Å². The first kappa shape index (κ1) is 11.5. The molecule has 3 aromatic rings. The number of hydrogen-bond donors (Lipinski definition) is 0. The van der Waals surface area contributed by atoms with E-state index in [1.807, 2.05) is 42.5 Å². The van der Waals surface area contributed by atoms with E-state index in [4.69, 9.17) is 9.26 Å². The molecule has 0 atom stereocenters. The molecule has 0 unspecified atom stereocenters. The lowest BCUT2D eigenvalue weighted by Gasteiger charge is -1.99. The Bertz CT molecular complexity index is 660. The molecule has 4 nitrogen and oxygen atoms in total. The Hall–Kier alpha value is -2.62. The summed E-state index contributed by atoms with van der Waals surface area (Å²) in [6.45, 7) is 0. The molecule has 19 heavy (non-hydrogen) atoms. The number of nitrogens with zero attached hydrogens (tertiary/aromatic N) is 2. The van der Waals surface area contributed by atoms with Gasteiger partial charge in [-0.2, -0.15) is 0 Å². The maximum absolute atomic E-state index is 5.34. The largest absolute Gasteiger partial charge is 0.497 e. The molecule has 0 spiro atoms. The van der Waals surface area contributed by atoms with Gasteiger partial charge in [-0.1, -0.05) is 5.16 Å². The van der Waals surface area contributed by atoms with E-state index in [0.717, 1.165) is 22.6 Å². The van der Waals surface area contributed by atoms with Crippen LogP contribution in [0.5, 0.6) is 5.75 Å². The van der Waals surface area contributed by atoms with Gasteiger partial charge in [-0.05, 0) is 36.4 Å². The minimum Gasteiger partial charge on any atom is -0.497 e. The zero-order chi connectivity index (χ0) is 13.1. The van der Waals surface area contributed by atoms with Crippen LogP contribution in [0.4, 0.5) is 0 Å². The molecule has 0 amide bonds. The van der Waals surface area contributed by atoms with Crippen LogP contribution in [0.1, 0.15) is 0 Å². The minimum atomic E-state index is 0.707. The number of aromatic nitrogens is 2. The number of methoxy groups -OCH3 is 1. The molecule has 0 radical (unpaired) electrons. The SMILES string of the molecule is COc1ccc(-c2cc(-c3cccnc3)on2)cc1. The highest BCUT2D eigenvalue weighted by Crippen LogP contribution is 2.26. The van der Waals surface area contributed by atoms with Gasteiger partial charge in [0.2, 0.25) is 0 Å². The first-order valence-corrected chi connectivity index (χ1v) is 5.88. The Morgan fingerprint density at radius 3 is 2.58 bits per heavy atom. The summed E-state index contributed by atoms with van der Waals surface area (Å²) in [7, 11) is 1.64. The maximum atomic E-state index is 5.34. The van der Waals surface area contributed by atoms with Crippen LogP contribution in [-0.4, -0.2) is 17.3 Å². The van der Waals surface area contributed by atoms with E-state index >= 15 is 0 Å². The lowest BCUT2D eigenvalue weighted by Crippen LogP contribution is -1.82. The van der Waals surface area contributed by atoms with E-state index in [2.05, 4.69) is 10.1 Å². The van der Waals surface area contributed by atoms with Gasteiger partial charge >= 0.3 is 0 Å². The van der Waals surface area contributed by atoms with Gasteiger partial charge in [-0.15, -0.1) is 0 Å². The number of pyridine rings is 1. The van der Waals surface area contributed by atoms with Crippen molar-refractivity contribution in [2.45, 2.75) is 0 Å². The quantitative estimate of drug-likeness (QED) is 0.716. The van der Waals surface area contributed by atoms with E-state index in [-0.39, 0.29) is 0 Å². The van der Waals surface area contributed by atoms with E-state index < -0.39 is 0 Å². The van der Waals surface area contributed by atoms with Gasteiger partial charge < -0.3 is 9.26 Å². The van der Waals surface area contributed by atoms with Crippen LogP contribution in [0, 0.1) is 0 Å². The maximum Gasteiger partial charge on any atom is 0.169 e. The van der Waals surface area contributed by atoms with Crippen molar-refractivity contribution < 1.29 is 9.26 Å². The first-order valence-electron chi connectivity index (χ1n) is 5.88. The number of rotatable bonds is 3. The molecular weight excluding hydrogens is 240 g/mol. The third kappa shape index (κ3) is 2.33. The highest BCUT2D eigenvalue weighted by Gasteiger charge is 2.08. The second kappa shape index (κ2) is 4.94. The molecular formula is C15H12N2O2. The fourth-order valence-corrected chi connectivity index (χ4v) is 1.82. The highest BCUT2D eigenvalue weighted by atomic mass is 16.5. The summed E-state index contributed by atoms with van der Waals surface area (Å²) in [5, 5.41) is 4.07. The molecule has 0 N–H and O–H groups in total. The van der Waals surface area contributed by atoms with Crippen LogP contribution in [-0.2, 0) is 0 Å². The third-order valence-electron chi connectivity index (χ3n) is 2.84. The standard InChI is InChI=1S/C15H12N2O2/c1-18-13-6-4-11(5-7-13)14-9-15(19-17-14)12-3-2-8-16-10-12/h2-10H,1H3. The van der Waals surface area contributed by atoms with Crippen molar-refractivity contribution in [3.8, 4) is 28.3 Å². The van der Waals surface area contributed by atoms with E-state index in [1.54, 1.807) is 19.5 Å². The molecule has 0 fully saturated rings. The summed E-state index contributed by atoms with van der Waals surface area (Å²) in [4.78, 5) is 4.06. The molecule has 4 heteroatoms. The predicted octanol–water partition coefficient (Wildman–Crippen LogP) is 3.41. The van der Waals surface area contributed by atoms with Gasteiger partial charge in [0, 0.05) is 29.6 Å². The van der Waals surface area contributed by atoms with Crippen molar-refractivity contribution in [2.75, 3.05) is 7.11 Å². The normalized spacial score (nSPS) is 10.4. The van der Waals surface area contributed by atoms with Crippen LogP contribution in [0.25, 0.3) is 22.6 Å². The smallest absolute Gasteiger partial charge is 0.169 e. The molecule has 2 heterocycles. The summed E-state index contributed by atoms with van der Waals surface area (Å²) in [5.41, 5.74) is 2.69. The molecule has 0 saturated carbocycles. The van der Waals surface area contributed by atoms with Crippen molar-refractivity contribution in [1.82, 2.24) is 10.1 Å². The number of benzene rings is 1. The Balaban J connectivity index is 1.92.